The van der Waals surface area contributed by atoms with Crippen LogP contribution in [0.2, 0.25) is 0 Å². The van der Waals surface area contributed by atoms with Crippen LogP contribution in [0.25, 0.3) is 0 Å². The first-order valence-corrected chi connectivity index (χ1v) is 8.70. The molecule has 1 aliphatic rings. The number of hydrogen-bond acceptors (Lipinski definition) is 7. The molecule has 0 aromatic rings. The van der Waals surface area contributed by atoms with Gasteiger partial charge in [-0.15, -0.1) is 0 Å². The Morgan fingerprint density at radius 3 is 1.72 bits per heavy atom. The summed E-state index contributed by atoms with van der Waals surface area (Å²) < 4.78 is 9.80. The van der Waals surface area contributed by atoms with Crippen LogP contribution in [0.5, 0.6) is 0 Å². The molecule has 9 heteroatoms. The van der Waals surface area contributed by atoms with Crippen molar-refractivity contribution < 1.29 is 34.1 Å². The number of nitrogens with zero attached hydrogens (tertiary/aromatic N) is 2. The summed E-state index contributed by atoms with van der Waals surface area (Å²) in [4.78, 5) is 37.8. The van der Waals surface area contributed by atoms with Gasteiger partial charge in [-0.3, -0.25) is 9.80 Å². The molecular formula is C16H28N2O7. The van der Waals surface area contributed by atoms with Gasteiger partial charge in [-0.2, -0.15) is 0 Å². The van der Waals surface area contributed by atoms with Crippen LogP contribution in [0.4, 0.5) is 4.79 Å². The molecule has 1 aliphatic heterocycles. The molecule has 1 saturated heterocycles. The van der Waals surface area contributed by atoms with Crippen LogP contribution in [0.1, 0.15) is 46.0 Å². The lowest BCUT2D eigenvalue weighted by Crippen LogP contribution is -2.59. The maximum absolute atomic E-state index is 12.4. The number of urea groups is 1. The molecule has 9 nitrogen and oxygen atoms in total. The lowest BCUT2D eigenvalue weighted by Gasteiger charge is -2.38. The van der Waals surface area contributed by atoms with Crippen LogP contribution in [0.3, 0.4) is 0 Å². The molecule has 25 heavy (non-hydrogen) atoms. The molecule has 0 aliphatic carbocycles. The molecule has 0 spiro atoms. The highest BCUT2D eigenvalue weighted by Crippen LogP contribution is 2.15. The monoisotopic (exact) mass is 360 g/mol. The third-order valence-corrected chi connectivity index (χ3v) is 3.79. The molecule has 0 aromatic heterocycles. The number of carbonyl (C=O) groups is 3. The number of esters is 2. The van der Waals surface area contributed by atoms with Gasteiger partial charge in [0.05, 0.1) is 13.2 Å². The molecule has 144 valence electrons. The minimum absolute atomic E-state index is 0.122. The van der Waals surface area contributed by atoms with Crippen molar-refractivity contribution in [2.75, 3.05) is 26.3 Å². The van der Waals surface area contributed by atoms with Crippen LogP contribution in [0, 0.1) is 0 Å². The number of aliphatic hydroxyl groups excluding tert-OH is 2. The zero-order valence-electron chi connectivity index (χ0n) is 14.8. The molecule has 0 saturated carbocycles. The SMILES string of the molecule is CCCCOC(=O)C(O)N1CCCN(C(O)C(=O)OCCCC)C1=O. The summed E-state index contributed by atoms with van der Waals surface area (Å²) in [6.07, 6.45) is -0.199. The van der Waals surface area contributed by atoms with Gasteiger partial charge in [-0.25, -0.2) is 14.4 Å². The van der Waals surface area contributed by atoms with Crippen molar-refractivity contribution in [1.29, 1.82) is 0 Å². The second-order valence-corrected chi connectivity index (χ2v) is 5.81. The van der Waals surface area contributed by atoms with Gasteiger partial charge in [0.15, 0.2) is 0 Å². The number of amides is 2. The highest BCUT2D eigenvalue weighted by atomic mass is 16.6. The first-order valence-electron chi connectivity index (χ1n) is 8.70. The summed E-state index contributed by atoms with van der Waals surface area (Å²) in [5, 5.41) is 20.1. The zero-order chi connectivity index (χ0) is 18.8. The second kappa shape index (κ2) is 10.9. The Bertz CT molecular complexity index is 420. The Kier molecular flexibility index (Phi) is 9.22. The lowest BCUT2D eigenvalue weighted by atomic mass is 10.2. The number of carbonyl (C=O) groups excluding carboxylic acids is 3. The largest absolute Gasteiger partial charge is 0.462 e. The predicted molar refractivity (Wildman–Crippen MR) is 87.2 cm³/mol. The fraction of sp³-hybridized carbons (Fsp3) is 0.812. The summed E-state index contributed by atoms with van der Waals surface area (Å²) >= 11 is 0. The van der Waals surface area contributed by atoms with E-state index in [-0.39, 0.29) is 26.3 Å². The van der Waals surface area contributed by atoms with Crippen LogP contribution in [-0.2, 0) is 19.1 Å². The van der Waals surface area contributed by atoms with E-state index < -0.39 is 30.4 Å². The molecule has 2 amide bonds. The Morgan fingerprint density at radius 1 is 0.960 bits per heavy atom. The fourth-order valence-electron chi connectivity index (χ4n) is 2.26. The molecule has 0 aromatic carbocycles. The summed E-state index contributed by atoms with van der Waals surface area (Å²) in [6.45, 7) is 4.41. The van der Waals surface area contributed by atoms with Crippen molar-refractivity contribution in [3.8, 4) is 0 Å². The fourth-order valence-corrected chi connectivity index (χ4v) is 2.26. The molecule has 2 unspecified atom stereocenters. The molecule has 1 fully saturated rings. The third kappa shape index (κ3) is 6.17. The molecule has 1 rings (SSSR count). The molecule has 2 N–H and O–H groups in total. The number of unbranched alkanes of at least 4 members (excludes halogenated alkanes) is 2. The first kappa shape index (κ1) is 21.2. The smallest absolute Gasteiger partial charge is 0.356 e. The molecule has 0 bridgehead atoms. The minimum Gasteiger partial charge on any atom is -0.462 e. The Morgan fingerprint density at radius 2 is 1.36 bits per heavy atom. The van der Waals surface area contributed by atoms with Gasteiger partial charge in [-0.1, -0.05) is 26.7 Å². The van der Waals surface area contributed by atoms with E-state index in [1.54, 1.807) is 0 Å². The van der Waals surface area contributed by atoms with Gasteiger partial charge < -0.3 is 19.7 Å². The van der Waals surface area contributed by atoms with E-state index in [2.05, 4.69) is 0 Å². The van der Waals surface area contributed by atoms with Gasteiger partial charge in [0.25, 0.3) is 0 Å². The van der Waals surface area contributed by atoms with Crippen molar-refractivity contribution in [2.24, 2.45) is 0 Å². The maximum atomic E-state index is 12.4. The molecule has 0 radical (unpaired) electrons. The van der Waals surface area contributed by atoms with Crippen molar-refractivity contribution in [1.82, 2.24) is 9.80 Å². The van der Waals surface area contributed by atoms with Crippen molar-refractivity contribution in [3.05, 3.63) is 0 Å². The third-order valence-electron chi connectivity index (χ3n) is 3.79. The van der Waals surface area contributed by atoms with E-state index in [4.69, 9.17) is 9.47 Å². The Hall–Kier alpha value is -1.87. The summed E-state index contributed by atoms with van der Waals surface area (Å²) in [5.41, 5.74) is 0. The van der Waals surface area contributed by atoms with Crippen LogP contribution in [-0.4, -0.2) is 76.7 Å². The van der Waals surface area contributed by atoms with Gasteiger partial charge in [-0.05, 0) is 19.3 Å². The highest BCUT2D eigenvalue weighted by molar-refractivity contribution is 5.86. The van der Waals surface area contributed by atoms with E-state index in [1.807, 2.05) is 13.8 Å². The molecular weight excluding hydrogens is 332 g/mol. The standard InChI is InChI=1S/C16H28N2O7/c1-3-5-10-24-14(21)12(19)17-8-7-9-18(16(17)23)13(20)15(22)25-11-6-4-2/h12-13,19-20H,3-11H2,1-2H3. The quantitative estimate of drug-likeness (QED) is 0.429. The van der Waals surface area contributed by atoms with Crippen LogP contribution < -0.4 is 0 Å². The number of hydrogen-bond donors (Lipinski definition) is 2. The Balaban J connectivity index is 2.63. The van der Waals surface area contributed by atoms with E-state index >= 15 is 0 Å². The second-order valence-electron chi connectivity index (χ2n) is 5.81. The van der Waals surface area contributed by atoms with Gasteiger partial charge >= 0.3 is 18.0 Å². The number of aliphatic hydroxyl groups is 2. The topological polar surface area (TPSA) is 117 Å². The van der Waals surface area contributed by atoms with Crippen molar-refractivity contribution >= 4 is 18.0 Å². The van der Waals surface area contributed by atoms with E-state index in [0.29, 0.717) is 19.3 Å². The minimum atomic E-state index is -1.77. The number of rotatable bonds is 10. The summed E-state index contributed by atoms with van der Waals surface area (Å²) in [7, 11) is 0. The zero-order valence-corrected chi connectivity index (χ0v) is 14.8. The number of ether oxygens (including phenoxy) is 2. The first-order chi connectivity index (χ1) is 11.9. The summed E-state index contributed by atoms with van der Waals surface area (Å²) in [6, 6.07) is -0.814. The van der Waals surface area contributed by atoms with Crippen LogP contribution in [0.15, 0.2) is 0 Å². The van der Waals surface area contributed by atoms with Gasteiger partial charge in [0, 0.05) is 13.1 Å². The van der Waals surface area contributed by atoms with Gasteiger partial charge in [0.1, 0.15) is 0 Å². The average Bonchev–Trinajstić information content (AvgIpc) is 2.61. The van der Waals surface area contributed by atoms with Crippen LogP contribution >= 0.6 is 0 Å². The average molecular weight is 360 g/mol. The maximum Gasteiger partial charge on any atom is 0.356 e. The molecule has 2 atom stereocenters. The van der Waals surface area contributed by atoms with Crippen molar-refractivity contribution in [3.63, 3.8) is 0 Å². The predicted octanol–water partition coefficient (Wildman–Crippen LogP) is 0.437. The normalized spacial score (nSPS) is 17.2. The van der Waals surface area contributed by atoms with E-state index in [9.17, 15) is 24.6 Å². The van der Waals surface area contributed by atoms with E-state index in [0.717, 1.165) is 22.6 Å². The van der Waals surface area contributed by atoms with Crippen molar-refractivity contribution in [2.45, 2.75) is 58.4 Å². The molecule has 1 heterocycles. The Labute approximate surface area is 147 Å². The van der Waals surface area contributed by atoms with Gasteiger partial charge in [0.2, 0.25) is 12.5 Å². The van der Waals surface area contributed by atoms with E-state index in [1.165, 1.54) is 0 Å². The highest BCUT2D eigenvalue weighted by Gasteiger charge is 2.39. The summed E-state index contributed by atoms with van der Waals surface area (Å²) in [5.74, 6) is -1.85. The lowest BCUT2D eigenvalue weighted by molar-refractivity contribution is -0.168.